The molecule has 9 nitrogen and oxygen atoms in total. The van der Waals surface area contributed by atoms with Gasteiger partial charge in [0.25, 0.3) is 5.91 Å². The molecule has 0 radical (unpaired) electrons. The minimum absolute atomic E-state index is 0.0593. The van der Waals surface area contributed by atoms with Crippen LogP contribution in [-0.4, -0.2) is 53.6 Å². The smallest absolute Gasteiger partial charge is 0.263 e. The highest BCUT2D eigenvalue weighted by Gasteiger charge is 2.25. The van der Waals surface area contributed by atoms with E-state index in [-0.39, 0.29) is 18.1 Å². The van der Waals surface area contributed by atoms with Crippen molar-refractivity contribution in [3.63, 3.8) is 0 Å². The molecule has 1 aromatic carbocycles. The predicted molar refractivity (Wildman–Crippen MR) is 131 cm³/mol. The first kappa shape index (κ1) is 23.4. The first-order chi connectivity index (χ1) is 16.5. The fourth-order valence-electron chi connectivity index (χ4n) is 3.76. The van der Waals surface area contributed by atoms with Crippen LogP contribution in [0.2, 0.25) is 0 Å². The highest BCUT2D eigenvalue weighted by atomic mass is 32.1. The Morgan fingerprint density at radius 2 is 2.21 bits per heavy atom. The summed E-state index contributed by atoms with van der Waals surface area (Å²) in [6.07, 6.45) is 4.71. The maximum absolute atomic E-state index is 12.2. The lowest BCUT2D eigenvalue weighted by Crippen LogP contribution is -2.27. The highest BCUT2D eigenvalue weighted by Crippen LogP contribution is 2.25. The molecule has 1 fully saturated rings. The van der Waals surface area contributed by atoms with Gasteiger partial charge in [0.1, 0.15) is 22.5 Å². The summed E-state index contributed by atoms with van der Waals surface area (Å²) in [5.41, 5.74) is 2.65. The number of anilines is 2. The SMILES string of the molecule is C[C@H](NC(=O)c1cncs1)c1ccc(O[C@@H]2CCN(c3ccnc(N(C)CCC#N)n3)C2)cc1. The van der Waals surface area contributed by atoms with E-state index < -0.39 is 0 Å². The molecule has 0 unspecified atom stereocenters. The second kappa shape index (κ2) is 10.9. The number of thiazole rings is 1. The van der Waals surface area contributed by atoms with Crippen molar-refractivity contribution >= 4 is 29.0 Å². The maximum atomic E-state index is 12.2. The summed E-state index contributed by atoms with van der Waals surface area (Å²) in [7, 11) is 1.89. The molecule has 1 saturated heterocycles. The van der Waals surface area contributed by atoms with Gasteiger partial charge in [0.15, 0.2) is 0 Å². The van der Waals surface area contributed by atoms with Gasteiger partial charge in [-0.15, -0.1) is 11.3 Å². The van der Waals surface area contributed by atoms with Crippen molar-refractivity contribution in [3.05, 3.63) is 58.7 Å². The van der Waals surface area contributed by atoms with E-state index in [1.54, 1.807) is 17.9 Å². The van der Waals surface area contributed by atoms with Crippen LogP contribution in [0.15, 0.2) is 48.2 Å². The number of carbonyl (C=O) groups is 1. The Labute approximate surface area is 203 Å². The molecule has 1 aliphatic rings. The standard InChI is InChI=1S/C24H27N7O2S/c1-17(28-23(32)21-14-26-16-34-21)18-4-6-19(7-5-18)33-20-9-13-31(15-20)22-8-11-27-24(29-22)30(2)12-3-10-25/h4-8,11,14,16-17,20H,3,9,12-13,15H2,1-2H3,(H,28,32)/t17-,20+/m0/s1. The summed E-state index contributed by atoms with van der Waals surface area (Å²) in [5.74, 6) is 2.16. The van der Waals surface area contributed by atoms with Crippen molar-refractivity contribution in [3.8, 4) is 11.8 Å². The van der Waals surface area contributed by atoms with Crippen molar-refractivity contribution in [1.29, 1.82) is 5.26 Å². The minimum atomic E-state index is -0.121. The molecule has 176 valence electrons. The maximum Gasteiger partial charge on any atom is 0.263 e. The van der Waals surface area contributed by atoms with Crippen molar-refractivity contribution in [2.75, 3.05) is 36.5 Å². The third-order valence-electron chi connectivity index (χ3n) is 5.68. The van der Waals surface area contributed by atoms with E-state index in [2.05, 4.69) is 31.2 Å². The van der Waals surface area contributed by atoms with Crippen molar-refractivity contribution in [2.24, 2.45) is 0 Å². The molecule has 2 aromatic heterocycles. The van der Waals surface area contributed by atoms with Gasteiger partial charge in [-0.3, -0.25) is 9.78 Å². The molecule has 3 aromatic rings. The summed E-state index contributed by atoms with van der Waals surface area (Å²) in [5, 5.41) is 11.8. The van der Waals surface area contributed by atoms with E-state index >= 15 is 0 Å². The summed E-state index contributed by atoms with van der Waals surface area (Å²) in [4.78, 5) is 29.9. The quantitative estimate of drug-likeness (QED) is 0.499. The molecule has 4 rings (SSSR count). The fourth-order valence-corrected chi connectivity index (χ4v) is 4.28. The van der Waals surface area contributed by atoms with Gasteiger partial charge in [-0.05, 0) is 30.7 Å². The van der Waals surface area contributed by atoms with Gasteiger partial charge >= 0.3 is 0 Å². The van der Waals surface area contributed by atoms with Crippen molar-refractivity contribution < 1.29 is 9.53 Å². The van der Waals surface area contributed by atoms with E-state index in [4.69, 9.17) is 10.00 Å². The molecule has 10 heteroatoms. The van der Waals surface area contributed by atoms with E-state index in [1.165, 1.54) is 11.3 Å². The van der Waals surface area contributed by atoms with Crippen LogP contribution in [0.1, 0.15) is 41.0 Å². The Morgan fingerprint density at radius 1 is 1.38 bits per heavy atom. The number of benzene rings is 1. The molecular weight excluding hydrogens is 450 g/mol. The normalized spacial score (nSPS) is 16.0. The molecule has 0 bridgehead atoms. The van der Waals surface area contributed by atoms with Gasteiger partial charge < -0.3 is 19.9 Å². The second-order valence-corrected chi connectivity index (χ2v) is 9.04. The Morgan fingerprint density at radius 3 is 2.94 bits per heavy atom. The van der Waals surface area contributed by atoms with Crippen LogP contribution in [-0.2, 0) is 0 Å². The zero-order valence-corrected chi connectivity index (χ0v) is 20.0. The molecule has 0 saturated carbocycles. The average Bonchev–Trinajstić information content (AvgIpc) is 3.56. The predicted octanol–water partition coefficient (Wildman–Crippen LogP) is 3.43. The Hall–Kier alpha value is -3.71. The summed E-state index contributed by atoms with van der Waals surface area (Å²) in [6, 6.07) is 11.8. The van der Waals surface area contributed by atoms with Crippen LogP contribution >= 0.6 is 11.3 Å². The minimum Gasteiger partial charge on any atom is -0.489 e. The molecule has 1 N–H and O–H groups in total. The van der Waals surface area contributed by atoms with Crippen LogP contribution in [0.5, 0.6) is 5.75 Å². The topological polar surface area (TPSA) is 107 Å². The van der Waals surface area contributed by atoms with Crippen LogP contribution in [0, 0.1) is 11.3 Å². The van der Waals surface area contributed by atoms with E-state index in [0.717, 1.165) is 36.6 Å². The summed E-state index contributed by atoms with van der Waals surface area (Å²) >= 11 is 1.32. The lowest BCUT2D eigenvalue weighted by molar-refractivity contribution is 0.0944. The molecule has 0 aliphatic carbocycles. The molecule has 0 spiro atoms. The molecule has 34 heavy (non-hydrogen) atoms. The third-order valence-corrected chi connectivity index (χ3v) is 6.46. The van der Waals surface area contributed by atoms with Gasteiger partial charge in [0, 0.05) is 32.8 Å². The van der Waals surface area contributed by atoms with Gasteiger partial charge in [0.05, 0.1) is 36.8 Å². The Kier molecular flexibility index (Phi) is 7.54. The number of nitrogens with one attached hydrogen (secondary N) is 1. The number of hydrogen-bond acceptors (Lipinski definition) is 9. The zero-order valence-electron chi connectivity index (χ0n) is 19.2. The van der Waals surface area contributed by atoms with Gasteiger partial charge in [-0.25, -0.2) is 4.98 Å². The lowest BCUT2D eigenvalue weighted by atomic mass is 10.1. The zero-order chi connectivity index (χ0) is 23.9. The number of nitrogens with zero attached hydrogens (tertiary/aromatic N) is 6. The summed E-state index contributed by atoms with van der Waals surface area (Å²) < 4.78 is 6.21. The molecule has 2 atom stereocenters. The van der Waals surface area contributed by atoms with E-state index in [0.29, 0.717) is 23.8 Å². The molecule has 1 amide bonds. The number of nitriles is 1. The first-order valence-corrected chi connectivity index (χ1v) is 12.0. The van der Waals surface area contributed by atoms with Crippen molar-refractivity contribution in [2.45, 2.75) is 31.9 Å². The van der Waals surface area contributed by atoms with E-state index in [1.807, 2.05) is 49.2 Å². The summed E-state index contributed by atoms with van der Waals surface area (Å²) in [6.45, 7) is 4.13. The third kappa shape index (κ3) is 5.80. The number of rotatable bonds is 9. The highest BCUT2D eigenvalue weighted by molar-refractivity contribution is 7.11. The van der Waals surface area contributed by atoms with Crippen LogP contribution < -0.4 is 19.9 Å². The van der Waals surface area contributed by atoms with Crippen LogP contribution in [0.25, 0.3) is 0 Å². The van der Waals surface area contributed by atoms with Crippen LogP contribution in [0.4, 0.5) is 11.8 Å². The Bertz CT molecular complexity index is 1130. The average molecular weight is 478 g/mol. The number of amides is 1. The van der Waals surface area contributed by atoms with E-state index in [9.17, 15) is 4.79 Å². The molecular formula is C24H27N7O2S. The van der Waals surface area contributed by atoms with Gasteiger partial charge in [-0.1, -0.05) is 12.1 Å². The molecule has 1 aliphatic heterocycles. The van der Waals surface area contributed by atoms with Crippen molar-refractivity contribution in [1.82, 2.24) is 20.3 Å². The first-order valence-electron chi connectivity index (χ1n) is 11.2. The number of hydrogen-bond donors (Lipinski definition) is 1. The Balaban J connectivity index is 1.31. The largest absolute Gasteiger partial charge is 0.489 e. The lowest BCUT2D eigenvalue weighted by Gasteiger charge is -2.21. The molecule has 3 heterocycles. The number of carbonyl (C=O) groups excluding carboxylic acids is 1. The second-order valence-electron chi connectivity index (χ2n) is 8.15. The fraction of sp³-hybridized carbons (Fsp3) is 0.375. The number of ether oxygens (including phenoxy) is 1. The monoisotopic (exact) mass is 477 g/mol. The van der Waals surface area contributed by atoms with Crippen LogP contribution in [0.3, 0.4) is 0 Å². The van der Waals surface area contributed by atoms with Gasteiger partial charge in [-0.2, -0.15) is 10.2 Å². The number of aromatic nitrogens is 3. The van der Waals surface area contributed by atoms with Gasteiger partial charge in [0.2, 0.25) is 5.95 Å².